The minimum atomic E-state index is -0.827. The molecule has 6 heteroatoms. The number of fused-ring (bicyclic) bond motifs is 1. The number of carbonyl (C=O) groups is 1. The van der Waals surface area contributed by atoms with Gasteiger partial charge in [-0.15, -0.1) is 0 Å². The fourth-order valence-electron chi connectivity index (χ4n) is 3.08. The largest absolute Gasteiger partial charge is 0.481 e. The maximum Gasteiger partial charge on any atom is 0.303 e. The summed E-state index contributed by atoms with van der Waals surface area (Å²) in [6.45, 7) is 5.13. The molecule has 3 rings (SSSR count). The summed E-state index contributed by atoms with van der Waals surface area (Å²) >= 11 is 6.44. The molecule has 0 saturated heterocycles. The molecule has 5 nitrogen and oxygen atoms in total. The number of hydrogen-bond donors (Lipinski definition) is 2. The monoisotopic (exact) mass is 385 g/mol. The van der Waals surface area contributed by atoms with Gasteiger partial charge >= 0.3 is 5.97 Å². The molecule has 0 aliphatic carbocycles. The molecule has 0 fully saturated rings. The van der Waals surface area contributed by atoms with Gasteiger partial charge in [-0.25, -0.2) is 0 Å². The van der Waals surface area contributed by atoms with Crippen LogP contribution in [0.5, 0.6) is 0 Å². The van der Waals surface area contributed by atoms with Gasteiger partial charge in [0.1, 0.15) is 0 Å². The summed E-state index contributed by atoms with van der Waals surface area (Å²) in [6, 6.07) is 10.1. The van der Waals surface area contributed by atoms with E-state index in [9.17, 15) is 4.79 Å². The van der Waals surface area contributed by atoms with E-state index in [1.807, 2.05) is 30.1 Å². The predicted octanol–water partition coefficient (Wildman–Crippen LogP) is 4.98. The maximum absolute atomic E-state index is 11.0. The number of nitrogens with one attached hydrogen (secondary N) is 1. The molecule has 0 bridgehead atoms. The molecule has 0 unspecified atom stereocenters. The molecule has 0 saturated carbocycles. The van der Waals surface area contributed by atoms with E-state index in [4.69, 9.17) is 16.7 Å². The van der Waals surface area contributed by atoms with E-state index in [0.717, 1.165) is 39.8 Å². The Morgan fingerprint density at radius 2 is 2.07 bits per heavy atom. The van der Waals surface area contributed by atoms with E-state index in [1.54, 1.807) is 0 Å². The third-order valence-electron chi connectivity index (χ3n) is 4.55. The van der Waals surface area contributed by atoms with Crippen LogP contribution in [0.3, 0.4) is 0 Å². The molecule has 0 radical (unpaired) electrons. The quantitative estimate of drug-likeness (QED) is 0.602. The smallest absolute Gasteiger partial charge is 0.303 e. The molecule has 0 amide bonds. The third kappa shape index (κ3) is 4.42. The van der Waals surface area contributed by atoms with Crippen molar-refractivity contribution in [3.8, 4) is 11.1 Å². The second-order valence-corrected chi connectivity index (χ2v) is 7.61. The van der Waals surface area contributed by atoms with Gasteiger partial charge in [0.25, 0.3) is 0 Å². The summed E-state index contributed by atoms with van der Waals surface area (Å²) in [7, 11) is 1.92. The van der Waals surface area contributed by atoms with Gasteiger partial charge in [0.15, 0.2) is 0 Å². The lowest BCUT2D eigenvalue weighted by molar-refractivity contribution is -0.136. The molecule has 0 aliphatic heterocycles. The van der Waals surface area contributed by atoms with Gasteiger partial charge in [-0.05, 0) is 47.7 Å². The lowest BCUT2D eigenvalue weighted by Gasteiger charge is -2.17. The van der Waals surface area contributed by atoms with E-state index in [0.29, 0.717) is 17.4 Å². The first-order chi connectivity index (χ1) is 12.8. The highest BCUT2D eigenvalue weighted by atomic mass is 35.5. The third-order valence-corrected chi connectivity index (χ3v) is 4.90. The minimum absolute atomic E-state index is 0.0551. The van der Waals surface area contributed by atoms with Gasteiger partial charge < -0.3 is 10.4 Å². The van der Waals surface area contributed by atoms with E-state index in [2.05, 4.69) is 42.5 Å². The minimum Gasteiger partial charge on any atom is -0.481 e. The molecule has 27 heavy (non-hydrogen) atoms. The van der Waals surface area contributed by atoms with Crippen LogP contribution in [0.15, 0.2) is 36.5 Å². The first kappa shape index (κ1) is 19.2. The first-order valence-electron chi connectivity index (χ1n) is 9.05. The number of hydrogen-bond acceptors (Lipinski definition) is 3. The number of aryl methyl sites for hydroxylation is 2. The van der Waals surface area contributed by atoms with Crippen molar-refractivity contribution >= 4 is 34.2 Å². The molecule has 3 aromatic rings. The van der Waals surface area contributed by atoms with Crippen LogP contribution in [0.25, 0.3) is 22.0 Å². The molecule has 0 aliphatic rings. The number of anilines is 1. The standard InChI is InChI=1S/C21H24ClN3O2/c1-13(2)11-23-19-10-18(22)15(5-7-21(26)27)9-17(19)14-4-6-20-16(8-14)12-24-25(20)3/h4,6,8-10,12-13,23H,5,7,11H2,1-3H3,(H,26,27). The number of aliphatic carboxylic acids is 1. The Labute approximate surface area is 164 Å². The van der Waals surface area contributed by atoms with Crippen molar-refractivity contribution in [3.63, 3.8) is 0 Å². The zero-order valence-electron chi connectivity index (χ0n) is 15.8. The molecular weight excluding hydrogens is 362 g/mol. The molecule has 1 heterocycles. The van der Waals surface area contributed by atoms with Crippen LogP contribution in [0, 0.1) is 5.92 Å². The normalized spacial score (nSPS) is 11.3. The van der Waals surface area contributed by atoms with Crippen molar-refractivity contribution in [2.75, 3.05) is 11.9 Å². The fraction of sp³-hybridized carbons (Fsp3) is 0.333. The summed E-state index contributed by atoms with van der Waals surface area (Å²) in [6.07, 6.45) is 2.31. The van der Waals surface area contributed by atoms with Crippen molar-refractivity contribution < 1.29 is 9.90 Å². The number of nitrogens with zero attached hydrogens (tertiary/aromatic N) is 2. The molecule has 2 N–H and O–H groups in total. The number of halogens is 1. The second-order valence-electron chi connectivity index (χ2n) is 7.20. The SMILES string of the molecule is CC(C)CNc1cc(Cl)c(CCC(=O)O)cc1-c1ccc2c(cnn2C)c1. The van der Waals surface area contributed by atoms with Gasteiger partial charge in [-0.2, -0.15) is 5.10 Å². The number of carboxylic acid groups (broad SMARTS) is 1. The topological polar surface area (TPSA) is 67.2 Å². The molecule has 142 valence electrons. The molecular formula is C21H24ClN3O2. The second kappa shape index (κ2) is 8.01. The average molecular weight is 386 g/mol. The highest BCUT2D eigenvalue weighted by molar-refractivity contribution is 6.31. The van der Waals surface area contributed by atoms with Crippen LogP contribution in [0.4, 0.5) is 5.69 Å². The van der Waals surface area contributed by atoms with Crippen LogP contribution in [0.1, 0.15) is 25.8 Å². The Hall–Kier alpha value is -2.53. The maximum atomic E-state index is 11.0. The Kier molecular flexibility index (Phi) is 5.71. The van der Waals surface area contributed by atoms with Crippen LogP contribution in [0.2, 0.25) is 5.02 Å². The lowest BCUT2D eigenvalue weighted by Crippen LogP contribution is -2.09. The number of benzene rings is 2. The Morgan fingerprint density at radius 1 is 1.30 bits per heavy atom. The Bertz CT molecular complexity index is 979. The Balaban J connectivity index is 2.07. The van der Waals surface area contributed by atoms with E-state index in [1.165, 1.54) is 0 Å². The Morgan fingerprint density at radius 3 is 2.78 bits per heavy atom. The van der Waals surface area contributed by atoms with Gasteiger partial charge in [0.05, 0.1) is 11.7 Å². The highest BCUT2D eigenvalue weighted by Crippen LogP contribution is 2.35. The van der Waals surface area contributed by atoms with Crippen LogP contribution >= 0.6 is 11.6 Å². The van der Waals surface area contributed by atoms with Gasteiger partial charge in [-0.1, -0.05) is 31.5 Å². The van der Waals surface area contributed by atoms with Gasteiger partial charge in [0, 0.05) is 41.7 Å². The first-order valence-corrected chi connectivity index (χ1v) is 9.43. The van der Waals surface area contributed by atoms with E-state index in [-0.39, 0.29) is 6.42 Å². The molecule has 1 aromatic heterocycles. The highest BCUT2D eigenvalue weighted by Gasteiger charge is 2.13. The summed E-state index contributed by atoms with van der Waals surface area (Å²) in [5, 5.41) is 18.4. The summed E-state index contributed by atoms with van der Waals surface area (Å²) in [4.78, 5) is 11.0. The zero-order chi connectivity index (χ0) is 19.6. The van der Waals surface area contributed by atoms with Crippen LogP contribution < -0.4 is 5.32 Å². The number of carboxylic acids is 1. The van der Waals surface area contributed by atoms with Crippen LogP contribution in [-0.2, 0) is 18.3 Å². The van der Waals surface area contributed by atoms with Gasteiger partial charge in [0.2, 0.25) is 0 Å². The fourth-order valence-corrected chi connectivity index (χ4v) is 3.34. The predicted molar refractivity (Wildman–Crippen MR) is 110 cm³/mol. The summed E-state index contributed by atoms with van der Waals surface area (Å²) < 4.78 is 1.84. The van der Waals surface area contributed by atoms with Crippen molar-refractivity contribution in [2.24, 2.45) is 13.0 Å². The van der Waals surface area contributed by atoms with Crippen molar-refractivity contribution in [3.05, 3.63) is 47.1 Å². The summed E-state index contributed by atoms with van der Waals surface area (Å²) in [5.41, 5.74) is 4.93. The molecule has 0 atom stereocenters. The lowest BCUT2D eigenvalue weighted by atomic mass is 9.97. The van der Waals surface area contributed by atoms with E-state index < -0.39 is 5.97 Å². The van der Waals surface area contributed by atoms with Crippen molar-refractivity contribution in [1.82, 2.24) is 9.78 Å². The summed E-state index contributed by atoms with van der Waals surface area (Å²) in [5.74, 6) is -0.337. The van der Waals surface area contributed by atoms with Crippen molar-refractivity contribution in [2.45, 2.75) is 26.7 Å². The van der Waals surface area contributed by atoms with E-state index >= 15 is 0 Å². The molecule has 0 spiro atoms. The van der Waals surface area contributed by atoms with Crippen LogP contribution in [-0.4, -0.2) is 27.4 Å². The van der Waals surface area contributed by atoms with Gasteiger partial charge in [-0.3, -0.25) is 9.48 Å². The number of rotatable bonds is 7. The zero-order valence-corrected chi connectivity index (χ0v) is 16.5. The molecule has 2 aromatic carbocycles. The average Bonchev–Trinajstić information content (AvgIpc) is 2.99. The van der Waals surface area contributed by atoms with Crippen molar-refractivity contribution in [1.29, 1.82) is 0 Å². The number of aromatic nitrogens is 2.